The Morgan fingerprint density at radius 2 is 2.32 bits per heavy atom. The van der Waals surface area contributed by atoms with Crippen LogP contribution >= 0.6 is 11.3 Å². The molecule has 22 heavy (non-hydrogen) atoms. The monoisotopic (exact) mass is 313 g/mol. The molecule has 0 fully saturated rings. The number of hydrogen-bond acceptors (Lipinski definition) is 6. The van der Waals surface area contributed by atoms with Crippen LogP contribution in [0.15, 0.2) is 52.7 Å². The summed E-state index contributed by atoms with van der Waals surface area (Å²) in [5.41, 5.74) is 9.01. The molecular weight excluding hydrogens is 298 g/mol. The van der Waals surface area contributed by atoms with E-state index < -0.39 is 0 Å². The fourth-order valence-corrected chi connectivity index (χ4v) is 2.61. The summed E-state index contributed by atoms with van der Waals surface area (Å²) in [6.45, 7) is 0.260. The molecule has 2 N–H and O–H groups in total. The maximum absolute atomic E-state index is 5.65. The molecule has 3 aromatic heterocycles. The largest absolute Gasteiger partial charge is 0.389 e. The molecule has 7 heteroatoms. The van der Waals surface area contributed by atoms with Crippen molar-refractivity contribution in [3.8, 4) is 0 Å². The van der Waals surface area contributed by atoms with Gasteiger partial charge in [-0.3, -0.25) is 0 Å². The smallest absolute Gasteiger partial charge is 0.159 e. The van der Waals surface area contributed by atoms with Crippen LogP contribution in [-0.4, -0.2) is 20.2 Å². The predicted octanol–water partition coefficient (Wildman–Crippen LogP) is 2.43. The van der Waals surface area contributed by atoms with E-state index in [1.54, 1.807) is 29.9 Å². The summed E-state index contributed by atoms with van der Waals surface area (Å²) < 4.78 is 1.90. The Morgan fingerprint density at radius 1 is 1.41 bits per heavy atom. The molecule has 3 aromatic rings. The average Bonchev–Trinajstić information content (AvgIpc) is 3.16. The highest BCUT2D eigenvalue weighted by Crippen LogP contribution is 2.14. The Balaban J connectivity index is 1.82. The molecule has 0 atom stereocenters. The molecule has 0 aliphatic heterocycles. The van der Waals surface area contributed by atoms with E-state index in [2.05, 4.69) is 15.1 Å². The molecule has 0 spiro atoms. The molecule has 0 amide bonds. The predicted molar refractivity (Wildman–Crippen MR) is 86.6 cm³/mol. The van der Waals surface area contributed by atoms with Crippen molar-refractivity contribution < 1.29 is 4.84 Å². The topological polar surface area (TPSA) is 78.3 Å². The number of nitrogen functional groups attached to an aromatic ring is 1. The summed E-state index contributed by atoms with van der Waals surface area (Å²) in [5.74, 6) is 0.467. The van der Waals surface area contributed by atoms with Crippen molar-refractivity contribution in [2.24, 2.45) is 12.2 Å². The fourth-order valence-electron chi connectivity index (χ4n) is 1.97. The second-order valence-corrected chi connectivity index (χ2v) is 5.45. The number of aryl methyl sites for hydroxylation is 1. The zero-order chi connectivity index (χ0) is 15.4. The maximum Gasteiger partial charge on any atom is 0.159 e. The van der Waals surface area contributed by atoms with Crippen LogP contribution in [0, 0.1) is 0 Å². The summed E-state index contributed by atoms with van der Waals surface area (Å²) in [4.78, 5) is 13.8. The summed E-state index contributed by atoms with van der Waals surface area (Å²) in [6, 6.07) is 7.42. The van der Waals surface area contributed by atoms with Gasteiger partial charge in [0, 0.05) is 18.0 Å². The number of oxime groups is 1. The molecular formula is C15H15N5OS. The maximum atomic E-state index is 5.65. The van der Waals surface area contributed by atoms with Crippen LogP contribution in [0.4, 0.5) is 5.82 Å². The van der Waals surface area contributed by atoms with Gasteiger partial charge < -0.3 is 15.1 Å². The van der Waals surface area contributed by atoms with Crippen LogP contribution in [0.3, 0.4) is 0 Å². The van der Waals surface area contributed by atoms with Gasteiger partial charge in [0.25, 0.3) is 0 Å². The molecule has 3 rings (SSSR count). The first-order valence-electron chi connectivity index (χ1n) is 6.64. The number of nitrogens with two attached hydrogens (primary N) is 1. The van der Waals surface area contributed by atoms with Crippen LogP contribution in [0.2, 0.25) is 0 Å². The lowest BCUT2D eigenvalue weighted by atomic mass is 10.1. The number of nitrogens with zero attached hydrogens (tertiary/aromatic N) is 4. The number of hydrogen-bond donors (Lipinski definition) is 1. The van der Waals surface area contributed by atoms with Crippen molar-refractivity contribution in [1.82, 2.24) is 14.5 Å². The van der Waals surface area contributed by atoms with E-state index in [0.717, 1.165) is 22.7 Å². The van der Waals surface area contributed by atoms with Crippen LogP contribution in [-0.2, 0) is 18.5 Å². The molecule has 0 radical (unpaired) electrons. The van der Waals surface area contributed by atoms with E-state index in [-0.39, 0.29) is 6.61 Å². The van der Waals surface area contributed by atoms with Gasteiger partial charge in [0.2, 0.25) is 0 Å². The summed E-state index contributed by atoms with van der Waals surface area (Å²) in [6.07, 6.45) is 3.50. The first-order chi connectivity index (χ1) is 10.7. The lowest BCUT2D eigenvalue weighted by Crippen LogP contribution is -2.08. The zero-order valence-electron chi connectivity index (χ0n) is 12.0. The second-order valence-electron chi connectivity index (χ2n) is 4.67. The molecule has 0 bridgehead atoms. The Morgan fingerprint density at radius 3 is 3.00 bits per heavy atom. The third kappa shape index (κ3) is 3.15. The Hall–Kier alpha value is -2.67. The highest BCUT2D eigenvalue weighted by atomic mass is 32.1. The van der Waals surface area contributed by atoms with Crippen LogP contribution in [0.25, 0.3) is 0 Å². The minimum atomic E-state index is 0.260. The van der Waals surface area contributed by atoms with Gasteiger partial charge in [-0.1, -0.05) is 11.2 Å². The quantitative estimate of drug-likeness (QED) is 0.579. The Kier molecular flexibility index (Phi) is 4.15. The number of aromatic nitrogens is 3. The Bertz CT molecular complexity index is 779. The molecule has 6 nitrogen and oxygen atoms in total. The standard InChI is InChI=1S/C15H15N5OS/c1-20-10-17-7-13(20)15(11-5-6-22-9-11)19-21-8-12-3-2-4-14(16)18-12/h2-7,9-10H,8H2,1H3,(H2,16,18)/b19-15-. The molecule has 3 heterocycles. The van der Waals surface area contributed by atoms with Crippen molar-refractivity contribution >= 4 is 22.9 Å². The molecule has 0 saturated carbocycles. The number of thiophene rings is 1. The van der Waals surface area contributed by atoms with Crippen LogP contribution < -0.4 is 5.73 Å². The second kappa shape index (κ2) is 6.40. The molecule has 0 unspecified atom stereocenters. The van der Waals surface area contributed by atoms with Gasteiger partial charge in [-0.15, -0.1) is 0 Å². The minimum Gasteiger partial charge on any atom is -0.389 e. The van der Waals surface area contributed by atoms with Gasteiger partial charge in [-0.25, -0.2) is 9.97 Å². The van der Waals surface area contributed by atoms with Gasteiger partial charge >= 0.3 is 0 Å². The van der Waals surface area contributed by atoms with Crippen LogP contribution in [0.1, 0.15) is 17.0 Å². The number of imidazole rings is 1. The third-order valence-electron chi connectivity index (χ3n) is 3.05. The van der Waals surface area contributed by atoms with Crippen molar-refractivity contribution in [3.05, 3.63) is 64.5 Å². The van der Waals surface area contributed by atoms with Crippen molar-refractivity contribution in [2.45, 2.75) is 6.61 Å². The van der Waals surface area contributed by atoms with Gasteiger partial charge in [-0.05, 0) is 23.6 Å². The first kappa shape index (κ1) is 14.3. The normalized spacial score (nSPS) is 11.6. The summed E-state index contributed by atoms with van der Waals surface area (Å²) in [5, 5.41) is 8.30. The molecule has 0 saturated heterocycles. The highest BCUT2D eigenvalue weighted by molar-refractivity contribution is 7.08. The molecule has 0 aliphatic rings. The average molecular weight is 313 g/mol. The number of rotatable bonds is 5. The van der Waals surface area contributed by atoms with E-state index in [4.69, 9.17) is 10.6 Å². The zero-order valence-corrected chi connectivity index (χ0v) is 12.8. The molecule has 0 aliphatic carbocycles. The highest BCUT2D eigenvalue weighted by Gasteiger charge is 2.12. The van der Waals surface area contributed by atoms with Gasteiger partial charge in [0.1, 0.15) is 11.5 Å². The minimum absolute atomic E-state index is 0.260. The molecule has 112 valence electrons. The van der Waals surface area contributed by atoms with E-state index in [1.807, 2.05) is 40.6 Å². The summed E-state index contributed by atoms with van der Waals surface area (Å²) in [7, 11) is 1.92. The van der Waals surface area contributed by atoms with Gasteiger partial charge in [0.15, 0.2) is 6.61 Å². The van der Waals surface area contributed by atoms with E-state index in [0.29, 0.717) is 5.82 Å². The lowest BCUT2D eigenvalue weighted by molar-refractivity contribution is 0.128. The number of pyridine rings is 1. The third-order valence-corrected chi connectivity index (χ3v) is 3.73. The van der Waals surface area contributed by atoms with Gasteiger partial charge in [0.05, 0.1) is 23.9 Å². The van der Waals surface area contributed by atoms with Gasteiger partial charge in [-0.2, -0.15) is 11.3 Å². The summed E-state index contributed by atoms with van der Waals surface area (Å²) >= 11 is 1.61. The van der Waals surface area contributed by atoms with E-state index in [1.165, 1.54) is 0 Å². The number of anilines is 1. The Labute approximate surface area is 131 Å². The fraction of sp³-hybridized carbons (Fsp3) is 0.133. The van der Waals surface area contributed by atoms with E-state index >= 15 is 0 Å². The van der Waals surface area contributed by atoms with Crippen molar-refractivity contribution in [1.29, 1.82) is 0 Å². The van der Waals surface area contributed by atoms with Crippen molar-refractivity contribution in [2.75, 3.05) is 5.73 Å². The van der Waals surface area contributed by atoms with Crippen molar-refractivity contribution in [3.63, 3.8) is 0 Å². The first-order valence-corrected chi connectivity index (χ1v) is 7.59. The van der Waals surface area contributed by atoms with Crippen LogP contribution in [0.5, 0.6) is 0 Å². The SMILES string of the molecule is Cn1cncc1/C(=N\OCc1cccc(N)n1)c1ccsc1. The van der Waals surface area contributed by atoms with E-state index in [9.17, 15) is 0 Å². The molecule has 0 aromatic carbocycles. The lowest BCUT2D eigenvalue weighted by Gasteiger charge is -2.06.